The fourth-order valence-corrected chi connectivity index (χ4v) is 8.80. The van der Waals surface area contributed by atoms with E-state index < -0.39 is 17.5 Å². The molecule has 0 radical (unpaired) electrons. The number of aryl methyl sites for hydroxylation is 3. The predicted octanol–water partition coefficient (Wildman–Crippen LogP) is 9.41. The van der Waals surface area contributed by atoms with Gasteiger partial charge in [0.25, 0.3) is 0 Å². The van der Waals surface area contributed by atoms with Gasteiger partial charge in [0.2, 0.25) is 0 Å². The first-order chi connectivity index (χ1) is 32.7. The fourth-order valence-electron chi connectivity index (χ4n) is 8.80. The van der Waals surface area contributed by atoms with Crippen molar-refractivity contribution in [2.24, 2.45) is 0 Å². The summed E-state index contributed by atoms with van der Waals surface area (Å²) in [6.07, 6.45) is 9.57. The van der Waals surface area contributed by atoms with Gasteiger partial charge in [-0.15, -0.1) is 0 Å². The Balaban J connectivity index is 0.000000134. The molecular formula is C48H38CuF3N16. The Bertz CT molecular complexity index is 3300. The van der Waals surface area contributed by atoms with Crippen LogP contribution in [0.25, 0.3) is 33.1 Å². The van der Waals surface area contributed by atoms with Gasteiger partial charge in [0.15, 0.2) is 51.8 Å². The first-order valence-electron chi connectivity index (χ1n) is 21.3. The van der Waals surface area contributed by atoms with Gasteiger partial charge < -0.3 is 33.5 Å². The van der Waals surface area contributed by atoms with Gasteiger partial charge in [-0.2, -0.15) is 25.8 Å². The van der Waals surface area contributed by atoms with Crippen LogP contribution in [0.2, 0.25) is 0 Å². The molecule has 8 N–H and O–H groups in total. The van der Waals surface area contributed by atoms with Crippen LogP contribution in [-0.2, 0) is 55.6 Å². The van der Waals surface area contributed by atoms with Crippen molar-refractivity contribution in [2.45, 2.75) is 57.8 Å². The Morgan fingerprint density at radius 3 is 1.22 bits per heavy atom. The summed E-state index contributed by atoms with van der Waals surface area (Å²) in [7, 11) is 0. The molecule has 0 saturated heterocycles. The minimum atomic E-state index is -0.499. The number of hydrogen-bond acceptors (Lipinski definition) is 13. The third kappa shape index (κ3) is 9.04. The Morgan fingerprint density at radius 1 is 0.515 bits per heavy atom. The fraction of sp³-hybridized carbons (Fsp3) is 0.188. The number of nitrogens with one attached hydrogen (secondary N) is 6. The van der Waals surface area contributed by atoms with E-state index in [1.165, 1.54) is 51.6 Å². The van der Waals surface area contributed by atoms with Gasteiger partial charge in [0.1, 0.15) is 29.3 Å². The number of nitrogens with zero attached hydrogens (tertiary/aromatic N) is 9. The molecule has 0 fully saturated rings. The van der Waals surface area contributed by atoms with Crippen molar-refractivity contribution < 1.29 is 30.2 Å². The number of benzene rings is 3. The summed E-state index contributed by atoms with van der Waals surface area (Å²) in [6, 6.07) is 25.9. The minimum Gasteiger partial charge on any atom is -0.512 e. The SMILES string of the molecule is N#Cc1[nH]nc2nc(Nc3cccc4c3CCC4)c(F)cc12.N#Cc1[nH]nc2nc(Nc3cccc4c3CCC4)c(F)cc12.Nc1[nH]nc2nc(Nc3cccc4c3CCC4)c(F)cc12.[C-]#N.[Cu+]. The Labute approximate surface area is 396 Å². The summed E-state index contributed by atoms with van der Waals surface area (Å²) in [5, 5.41) is 54.2. The zero-order valence-electron chi connectivity index (χ0n) is 35.8. The van der Waals surface area contributed by atoms with Gasteiger partial charge in [-0.05, 0) is 128 Å². The normalized spacial score (nSPS) is 12.7. The zero-order valence-corrected chi connectivity index (χ0v) is 36.8. The van der Waals surface area contributed by atoms with Crippen LogP contribution in [0.3, 0.4) is 0 Å². The molecule has 6 heterocycles. The van der Waals surface area contributed by atoms with Crippen molar-refractivity contribution in [3.63, 3.8) is 0 Å². The molecule has 0 unspecified atom stereocenters. The summed E-state index contributed by atoms with van der Waals surface area (Å²) in [5.74, 6) is -0.682. The van der Waals surface area contributed by atoms with E-state index in [4.69, 9.17) is 28.1 Å². The van der Waals surface area contributed by atoms with Crippen LogP contribution in [-0.4, -0.2) is 45.5 Å². The maximum absolute atomic E-state index is 14.3. The molecule has 20 heteroatoms. The predicted molar refractivity (Wildman–Crippen MR) is 246 cm³/mol. The van der Waals surface area contributed by atoms with Crippen molar-refractivity contribution in [3.05, 3.63) is 142 Å². The second-order valence-corrected chi connectivity index (χ2v) is 15.9. The van der Waals surface area contributed by atoms with Gasteiger partial charge in [-0.25, -0.2) is 28.1 Å². The van der Waals surface area contributed by atoms with Gasteiger partial charge in [0, 0.05) is 17.1 Å². The summed E-state index contributed by atoms with van der Waals surface area (Å²) in [4.78, 5) is 12.6. The van der Waals surface area contributed by atoms with E-state index in [1.54, 1.807) is 0 Å². The van der Waals surface area contributed by atoms with Crippen LogP contribution < -0.4 is 21.7 Å². The first kappa shape index (κ1) is 46.0. The maximum Gasteiger partial charge on any atom is 1.00 e. The molecule has 0 bridgehead atoms. The van der Waals surface area contributed by atoms with E-state index in [-0.39, 0.29) is 45.9 Å². The average Bonchev–Trinajstić information content (AvgIpc) is 4.22. The molecule has 68 heavy (non-hydrogen) atoms. The van der Waals surface area contributed by atoms with Crippen LogP contribution in [0.4, 0.5) is 53.5 Å². The number of nitrogen functional groups attached to an aromatic ring is 1. The van der Waals surface area contributed by atoms with Crippen LogP contribution >= 0.6 is 0 Å². The number of nitrogens with two attached hydrogens (primary N) is 1. The number of fused-ring (bicyclic) bond motifs is 6. The number of aromatic amines is 3. The number of halogens is 3. The third-order valence-corrected chi connectivity index (χ3v) is 11.9. The molecule has 3 aromatic carbocycles. The van der Waals surface area contributed by atoms with E-state index in [9.17, 15) is 13.2 Å². The Morgan fingerprint density at radius 2 is 0.853 bits per heavy atom. The molecular weight excluding hydrogens is 921 g/mol. The van der Waals surface area contributed by atoms with Gasteiger partial charge >= 0.3 is 17.1 Å². The molecule has 0 saturated carbocycles. The molecule has 12 rings (SSSR count). The smallest absolute Gasteiger partial charge is 0.512 e. The second kappa shape index (κ2) is 19.9. The number of aromatic nitrogens is 9. The molecule has 342 valence electrons. The number of nitriles is 2. The number of pyridine rings is 3. The summed E-state index contributed by atoms with van der Waals surface area (Å²) in [5.41, 5.74) is 17.5. The van der Waals surface area contributed by atoms with Crippen LogP contribution in [0, 0.1) is 51.9 Å². The van der Waals surface area contributed by atoms with Gasteiger partial charge in [-0.3, -0.25) is 15.3 Å². The number of hydrogen-bond donors (Lipinski definition) is 7. The van der Waals surface area contributed by atoms with Gasteiger partial charge in [-0.1, -0.05) is 36.4 Å². The summed E-state index contributed by atoms with van der Waals surface area (Å²) >= 11 is 0. The van der Waals surface area contributed by atoms with E-state index in [1.807, 2.05) is 48.5 Å². The molecule has 0 amide bonds. The number of rotatable bonds is 6. The van der Waals surface area contributed by atoms with Crippen LogP contribution in [0.5, 0.6) is 0 Å². The largest absolute Gasteiger partial charge is 1.00 e. The molecule has 0 spiro atoms. The summed E-state index contributed by atoms with van der Waals surface area (Å²) in [6.45, 7) is 4.75. The van der Waals surface area contributed by atoms with Crippen molar-refractivity contribution >= 4 is 73.4 Å². The van der Waals surface area contributed by atoms with Crippen LogP contribution in [0.1, 0.15) is 64.0 Å². The number of H-pyrrole nitrogens is 3. The third-order valence-electron chi connectivity index (χ3n) is 11.9. The van der Waals surface area contributed by atoms with Crippen LogP contribution in [0.15, 0.2) is 72.8 Å². The van der Waals surface area contributed by atoms with E-state index >= 15 is 0 Å². The standard InChI is InChI=1S/2C16H12FN5.C15H14FN5.CN.Cu/c2*17-12-7-11-14(8-18)21-22-15(11)20-16(12)19-13-6-2-4-9-3-1-5-10(9)13;16-11-7-10-13(17)20-21-14(10)19-15(11)18-12-6-2-4-8-3-1-5-9(8)12;1-2;/h2*2,4,6-7H,1,3,5H2,(H2,19,20,21,22);2,4,6-7H,1,3,5H2,(H4,17,18,19,20,21);;/q;;;-1;+1. The summed E-state index contributed by atoms with van der Waals surface area (Å²) < 4.78 is 42.7. The molecule has 0 aliphatic heterocycles. The second-order valence-electron chi connectivity index (χ2n) is 15.9. The van der Waals surface area contributed by atoms with Gasteiger partial charge in [0.05, 0.1) is 16.2 Å². The molecule has 0 atom stereocenters. The number of anilines is 7. The van der Waals surface area contributed by atoms with E-state index in [0.717, 1.165) is 74.8 Å². The van der Waals surface area contributed by atoms with E-state index in [2.05, 4.69) is 79.7 Å². The molecule has 3 aliphatic rings. The quantitative estimate of drug-likeness (QED) is 0.0606. The molecule has 6 aromatic heterocycles. The monoisotopic (exact) mass is 958 g/mol. The van der Waals surface area contributed by atoms with E-state index in [0.29, 0.717) is 38.9 Å². The molecule has 3 aliphatic carbocycles. The zero-order chi connectivity index (χ0) is 46.6. The van der Waals surface area contributed by atoms with Crippen molar-refractivity contribution in [1.29, 1.82) is 15.8 Å². The first-order valence-corrected chi connectivity index (χ1v) is 21.3. The van der Waals surface area contributed by atoms with Crippen molar-refractivity contribution in [3.8, 4) is 12.1 Å². The van der Waals surface area contributed by atoms with Crippen molar-refractivity contribution in [1.82, 2.24) is 45.5 Å². The molecule has 16 nitrogen and oxygen atoms in total. The topological polar surface area (TPSA) is 258 Å². The average molecular weight is 959 g/mol. The van der Waals surface area contributed by atoms with Crippen molar-refractivity contribution in [2.75, 3.05) is 21.7 Å². The Hall–Kier alpha value is -8.50. The minimum absolute atomic E-state index is 0. The Kier molecular flexibility index (Phi) is 13.5. The maximum atomic E-state index is 14.3. The molecule has 9 aromatic rings.